The summed E-state index contributed by atoms with van der Waals surface area (Å²) in [6.07, 6.45) is 5.94. The van der Waals surface area contributed by atoms with Crippen LogP contribution in [-0.2, 0) is 0 Å². The number of hydrogen-bond donors (Lipinski definition) is 0. The molecule has 1 saturated carbocycles. The van der Waals surface area contributed by atoms with Crippen molar-refractivity contribution in [3.8, 4) is 11.9 Å². The molecule has 1 heterocycles. The maximum atomic E-state index is 8.99. The first-order chi connectivity index (χ1) is 7.40. The molecule has 2 rings (SSSR count). The zero-order valence-electron chi connectivity index (χ0n) is 8.60. The van der Waals surface area contributed by atoms with Crippen molar-refractivity contribution in [1.29, 1.82) is 5.26 Å². The van der Waals surface area contributed by atoms with E-state index in [1.165, 1.54) is 0 Å². The molecule has 1 aliphatic carbocycles. The molecule has 1 aromatic rings. The molecule has 1 aliphatic rings. The van der Waals surface area contributed by atoms with Gasteiger partial charge in [0.25, 0.3) is 0 Å². The van der Waals surface area contributed by atoms with E-state index < -0.39 is 0 Å². The third-order valence-electron chi connectivity index (χ3n) is 2.78. The van der Waals surface area contributed by atoms with E-state index in [4.69, 9.17) is 10.00 Å². The van der Waals surface area contributed by atoms with Crippen LogP contribution in [0.25, 0.3) is 0 Å². The van der Waals surface area contributed by atoms with Gasteiger partial charge in [0.2, 0.25) is 5.88 Å². The van der Waals surface area contributed by atoms with Crippen LogP contribution in [0.2, 0.25) is 0 Å². The largest absolute Gasteiger partial charge is 0.473 e. The zero-order valence-corrected chi connectivity index (χ0v) is 8.60. The third-order valence-corrected chi connectivity index (χ3v) is 2.78. The van der Waals surface area contributed by atoms with Crippen molar-refractivity contribution in [3.63, 3.8) is 0 Å². The van der Waals surface area contributed by atoms with Crippen LogP contribution in [-0.4, -0.2) is 11.1 Å². The van der Waals surface area contributed by atoms with Gasteiger partial charge in [-0.05, 0) is 25.3 Å². The van der Waals surface area contributed by atoms with E-state index in [1.807, 2.05) is 18.2 Å². The summed E-state index contributed by atoms with van der Waals surface area (Å²) < 4.78 is 5.73. The van der Waals surface area contributed by atoms with Gasteiger partial charge in [0.05, 0.1) is 12.0 Å². The molecule has 0 N–H and O–H groups in total. The van der Waals surface area contributed by atoms with Crippen LogP contribution in [0, 0.1) is 17.2 Å². The van der Waals surface area contributed by atoms with Crippen molar-refractivity contribution in [2.45, 2.75) is 31.8 Å². The Kier molecular flexibility index (Phi) is 3.18. The maximum Gasteiger partial charge on any atom is 0.213 e. The summed E-state index contributed by atoms with van der Waals surface area (Å²) in [6.45, 7) is 0. The maximum absolute atomic E-state index is 8.99. The van der Waals surface area contributed by atoms with Gasteiger partial charge in [0.1, 0.15) is 6.10 Å². The van der Waals surface area contributed by atoms with Gasteiger partial charge in [0, 0.05) is 12.3 Å². The Morgan fingerprint density at radius 3 is 2.93 bits per heavy atom. The van der Waals surface area contributed by atoms with Crippen molar-refractivity contribution in [2.24, 2.45) is 5.92 Å². The lowest BCUT2D eigenvalue weighted by Gasteiger charge is -2.26. The van der Waals surface area contributed by atoms with E-state index in [2.05, 4.69) is 11.1 Å². The summed E-state index contributed by atoms with van der Waals surface area (Å²) in [7, 11) is 0. The molecule has 0 aliphatic heterocycles. The second kappa shape index (κ2) is 4.79. The Labute approximate surface area is 89.7 Å². The third kappa shape index (κ3) is 2.47. The average Bonchev–Trinajstić information content (AvgIpc) is 2.31. The highest BCUT2D eigenvalue weighted by molar-refractivity contribution is 5.10. The number of pyridine rings is 1. The summed E-state index contributed by atoms with van der Waals surface area (Å²) >= 11 is 0. The molecule has 0 amide bonds. The molecule has 1 aromatic heterocycles. The minimum absolute atomic E-state index is 0.0265. The number of ether oxygens (including phenoxy) is 1. The van der Waals surface area contributed by atoms with E-state index in [-0.39, 0.29) is 12.0 Å². The smallest absolute Gasteiger partial charge is 0.213 e. The minimum Gasteiger partial charge on any atom is -0.473 e. The quantitative estimate of drug-likeness (QED) is 0.740. The van der Waals surface area contributed by atoms with Crippen LogP contribution in [0.15, 0.2) is 24.4 Å². The van der Waals surface area contributed by atoms with Crippen molar-refractivity contribution in [2.75, 3.05) is 0 Å². The first-order valence-corrected chi connectivity index (χ1v) is 5.37. The minimum atomic E-state index is 0.0265. The van der Waals surface area contributed by atoms with Gasteiger partial charge in [-0.3, -0.25) is 0 Å². The molecule has 15 heavy (non-hydrogen) atoms. The number of aromatic nitrogens is 1. The molecule has 3 heteroatoms. The predicted molar refractivity (Wildman–Crippen MR) is 56.2 cm³/mol. The Morgan fingerprint density at radius 2 is 2.20 bits per heavy atom. The molecule has 0 saturated heterocycles. The fourth-order valence-electron chi connectivity index (χ4n) is 1.96. The normalized spacial score (nSPS) is 25.5. The zero-order chi connectivity index (χ0) is 10.5. The Bertz CT molecular complexity index is 344. The first-order valence-electron chi connectivity index (χ1n) is 5.37. The first kappa shape index (κ1) is 9.97. The molecule has 3 nitrogen and oxygen atoms in total. The second-order valence-corrected chi connectivity index (χ2v) is 3.84. The van der Waals surface area contributed by atoms with Gasteiger partial charge in [-0.15, -0.1) is 0 Å². The molecular formula is C12H14N2O. The van der Waals surface area contributed by atoms with Crippen LogP contribution < -0.4 is 4.74 Å². The average molecular weight is 202 g/mol. The van der Waals surface area contributed by atoms with Crippen molar-refractivity contribution < 1.29 is 4.74 Å². The van der Waals surface area contributed by atoms with E-state index in [9.17, 15) is 0 Å². The van der Waals surface area contributed by atoms with Gasteiger partial charge < -0.3 is 4.74 Å². The molecule has 2 atom stereocenters. The summed E-state index contributed by atoms with van der Waals surface area (Å²) in [5.41, 5.74) is 0. The van der Waals surface area contributed by atoms with Crippen molar-refractivity contribution in [3.05, 3.63) is 24.4 Å². The van der Waals surface area contributed by atoms with Gasteiger partial charge in [-0.25, -0.2) is 4.98 Å². The second-order valence-electron chi connectivity index (χ2n) is 3.84. The van der Waals surface area contributed by atoms with E-state index in [0.29, 0.717) is 5.88 Å². The lowest BCUT2D eigenvalue weighted by atomic mass is 9.87. The summed E-state index contributed by atoms with van der Waals surface area (Å²) in [5, 5.41) is 8.99. The summed E-state index contributed by atoms with van der Waals surface area (Å²) in [6, 6.07) is 7.91. The highest BCUT2D eigenvalue weighted by Gasteiger charge is 2.26. The van der Waals surface area contributed by atoms with Crippen molar-refractivity contribution >= 4 is 0 Å². The highest BCUT2D eigenvalue weighted by atomic mass is 16.5. The number of rotatable bonds is 2. The summed E-state index contributed by atoms with van der Waals surface area (Å²) in [4.78, 5) is 4.11. The number of nitrogens with zero attached hydrogens (tertiary/aromatic N) is 2. The van der Waals surface area contributed by atoms with Crippen LogP contribution in [0.5, 0.6) is 5.88 Å². The number of nitriles is 1. The standard InChI is InChI=1S/C12H14N2O/c13-9-10-5-1-2-6-11(10)15-12-7-3-4-8-14-12/h3-4,7-8,10-11H,1-2,5-6H2. The Balaban J connectivity index is 2.01. The summed E-state index contributed by atoms with van der Waals surface area (Å²) in [5.74, 6) is 0.658. The van der Waals surface area contributed by atoms with Gasteiger partial charge in [-0.1, -0.05) is 12.5 Å². The molecule has 78 valence electrons. The van der Waals surface area contributed by atoms with Crippen LogP contribution in [0.4, 0.5) is 0 Å². The molecule has 0 bridgehead atoms. The van der Waals surface area contributed by atoms with Crippen LogP contribution in [0.3, 0.4) is 0 Å². The van der Waals surface area contributed by atoms with Gasteiger partial charge in [0.15, 0.2) is 0 Å². The lowest BCUT2D eigenvalue weighted by molar-refractivity contribution is 0.115. The van der Waals surface area contributed by atoms with E-state index in [0.717, 1.165) is 25.7 Å². The van der Waals surface area contributed by atoms with Crippen LogP contribution >= 0.6 is 0 Å². The molecule has 2 unspecified atom stereocenters. The SMILES string of the molecule is N#CC1CCCCC1Oc1ccccn1. The fraction of sp³-hybridized carbons (Fsp3) is 0.500. The fourth-order valence-corrected chi connectivity index (χ4v) is 1.96. The number of hydrogen-bond acceptors (Lipinski definition) is 3. The molecule has 0 aromatic carbocycles. The van der Waals surface area contributed by atoms with E-state index in [1.54, 1.807) is 6.20 Å². The van der Waals surface area contributed by atoms with Gasteiger partial charge >= 0.3 is 0 Å². The predicted octanol–water partition coefficient (Wildman–Crippen LogP) is 2.54. The lowest BCUT2D eigenvalue weighted by Crippen LogP contribution is -2.29. The molecule has 0 radical (unpaired) electrons. The van der Waals surface area contributed by atoms with Gasteiger partial charge in [-0.2, -0.15) is 5.26 Å². The van der Waals surface area contributed by atoms with E-state index >= 15 is 0 Å². The Morgan fingerprint density at radius 1 is 1.33 bits per heavy atom. The van der Waals surface area contributed by atoms with Crippen LogP contribution in [0.1, 0.15) is 25.7 Å². The molecule has 0 spiro atoms. The topological polar surface area (TPSA) is 45.9 Å². The molecular weight excluding hydrogens is 188 g/mol. The highest BCUT2D eigenvalue weighted by Crippen LogP contribution is 2.27. The Hall–Kier alpha value is -1.56. The molecule has 1 fully saturated rings. The monoisotopic (exact) mass is 202 g/mol. The van der Waals surface area contributed by atoms with Crippen molar-refractivity contribution in [1.82, 2.24) is 4.98 Å².